The van der Waals surface area contributed by atoms with Crippen LogP contribution in [0.15, 0.2) is 99.6 Å². The lowest BCUT2D eigenvalue weighted by atomic mass is 10.2. The molecule has 0 heterocycles. The Morgan fingerprint density at radius 2 is 1.35 bits per heavy atom. The van der Waals surface area contributed by atoms with E-state index in [0.29, 0.717) is 5.75 Å². The van der Waals surface area contributed by atoms with Crippen LogP contribution in [0.2, 0.25) is 0 Å². The minimum Gasteiger partial charge on any atom is -0.491 e. The van der Waals surface area contributed by atoms with Crippen LogP contribution in [0.3, 0.4) is 0 Å². The third-order valence-electron chi connectivity index (χ3n) is 4.35. The fourth-order valence-electron chi connectivity index (χ4n) is 2.78. The summed E-state index contributed by atoms with van der Waals surface area (Å²) in [6.07, 6.45) is -0.901. The van der Waals surface area contributed by atoms with Gasteiger partial charge in [-0.25, -0.2) is 0 Å². The highest BCUT2D eigenvalue weighted by Gasteiger charge is 2.28. The van der Waals surface area contributed by atoms with Crippen molar-refractivity contribution in [2.75, 3.05) is 13.2 Å². The second-order valence-electron chi connectivity index (χ2n) is 7.44. The SMILES string of the molecule is CC(C)(Br)C(=O)OCC(O)COc1ccc([S+](c2ccccc2)c2ccccc2)cc1. The fraction of sp³-hybridized carbons (Fsp3) is 0.240. The molecule has 31 heavy (non-hydrogen) atoms. The molecule has 1 unspecified atom stereocenters. The molecule has 1 N–H and O–H groups in total. The predicted octanol–water partition coefficient (Wildman–Crippen LogP) is 5.24. The number of benzene rings is 3. The summed E-state index contributed by atoms with van der Waals surface area (Å²) in [5.41, 5.74) is 0. The van der Waals surface area contributed by atoms with Crippen molar-refractivity contribution in [1.29, 1.82) is 0 Å². The number of alkyl halides is 1. The highest BCUT2D eigenvalue weighted by Crippen LogP contribution is 2.31. The van der Waals surface area contributed by atoms with Gasteiger partial charge in [-0.15, -0.1) is 0 Å². The van der Waals surface area contributed by atoms with E-state index in [0.717, 1.165) is 0 Å². The van der Waals surface area contributed by atoms with E-state index in [2.05, 4.69) is 76.6 Å². The molecular formula is C25H26BrO4S+. The van der Waals surface area contributed by atoms with E-state index in [-0.39, 0.29) is 24.1 Å². The van der Waals surface area contributed by atoms with Crippen LogP contribution >= 0.6 is 15.9 Å². The van der Waals surface area contributed by atoms with Gasteiger partial charge in [0.25, 0.3) is 0 Å². The first kappa shape index (κ1) is 23.4. The van der Waals surface area contributed by atoms with E-state index in [1.54, 1.807) is 13.8 Å². The molecule has 3 aromatic carbocycles. The van der Waals surface area contributed by atoms with Gasteiger partial charge in [0.15, 0.2) is 14.7 Å². The molecule has 4 nitrogen and oxygen atoms in total. The summed E-state index contributed by atoms with van der Waals surface area (Å²) in [4.78, 5) is 15.4. The zero-order valence-corrected chi connectivity index (χ0v) is 19.9. The number of aliphatic hydroxyl groups is 1. The van der Waals surface area contributed by atoms with Crippen LogP contribution in [0.25, 0.3) is 0 Å². The summed E-state index contributed by atoms with van der Waals surface area (Å²) >= 11 is 3.23. The Morgan fingerprint density at radius 1 is 0.871 bits per heavy atom. The molecule has 0 aliphatic rings. The fourth-order valence-corrected chi connectivity index (χ4v) is 4.98. The van der Waals surface area contributed by atoms with E-state index in [9.17, 15) is 9.90 Å². The number of halogens is 1. The van der Waals surface area contributed by atoms with Crippen LogP contribution in [-0.4, -0.2) is 34.7 Å². The Bertz CT molecular complexity index is 917. The van der Waals surface area contributed by atoms with Crippen molar-refractivity contribution < 1.29 is 19.4 Å². The van der Waals surface area contributed by atoms with Gasteiger partial charge in [0, 0.05) is 0 Å². The maximum absolute atomic E-state index is 11.8. The molecule has 0 saturated heterocycles. The average molecular weight is 502 g/mol. The summed E-state index contributed by atoms with van der Waals surface area (Å²) in [6, 6.07) is 28.8. The first-order valence-electron chi connectivity index (χ1n) is 9.96. The molecule has 0 spiro atoms. The number of aliphatic hydroxyl groups excluding tert-OH is 1. The third kappa shape index (κ3) is 6.86. The Kier molecular flexibility index (Phi) is 8.18. The molecule has 1 atom stereocenters. The second kappa shape index (κ2) is 10.8. The molecule has 0 aromatic heterocycles. The van der Waals surface area contributed by atoms with Crippen LogP contribution in [-0.2, 0) is 20.4 Å². The first-order valence-corrected chi connectivity index (χ1v) is 12.0. The van der Waals surface area contributed by atoms with Gasteiger partial charge >= 0.3 is 5.97 Å². The summed E-state index contributed by atoms with van der Waals surface area (Å²) in [5.74, 6) is 0.226. The molecule has 0 fully saturated rings. The quantitative estimate of drug-likeness (QED) is 0.247. The van der Waals surface area contributed by atoms with Crippen molar-refractivity contribution >= 4 is 32.8 Å². The number of carbonyl (C=O) groups excluding carboxylic acids is 1. The maximum atomic E-state index is 11.8. The van der Waals surface area contributed by atoms with E-state index < -0.39 is 16.4 Å². The van der Waals surface area contributed by atoms with Gasteiger partial charge in [-0.05, 0) is 62.4 Å². The smallest absolute Gasteiger partial charge is 0.322 e. The molecule has 162 valence electrons. The Labute approximate surface area is 194 Å². The van der Waals surface area contributed by atoms with Gasteiger partial charge < -0.3 is 14.6 Å². The lowest BCUT2D eigenvalue weighted by Crippen LogP contribution is -2.32. The van der Waals surface area contributed by atoms with Crippen molar-refractivity contribution in [3.8, 4) is 5.75 Å². The minimum atomic E-state index is -0.901. The van der Waals surface area contributed by atoms with Gasteiger partial charge in [0.2, 0.25) is 0 Å². The van der Waals surface area contributed by atoms with E-state index in [1.165, 1.54) is 14.7 Å². The summed E-state index contributed by atoms with van der Waals surface area (Å²) in [5, 5.41) is 10.0. The Morgan fingerprint density at radius 3 is 1.84 bits per heavy atom. The molecule has 6 heteroatoms. The molecule has 0 aliphatic carbocycles. The number of carbonyl (C=O) groups is 1. The third-order valence-corrected chi connectivity index (χ3v) is 6.91. The minimum absolute atomic E-state index is 0.0401. The Hall–Kier alpha value is -2.28. The van der Waals surface area contributed by atoms with Crippen molar-refractivity contribution in [3.63, 3.8) is 0 Å². The number of hydrogen-bond donors (Lipinski definition) is 1. The number of hydrogen-bond acceptors (Lipinski definition) is 4. The average Bonchev–Trinajstić information content (AvgIpc) is 2.78. The van der Waals surface area contributed by atoms with Gasteiger partial charge in [-0.3, -0.25) is 4.79 Å². The summed E-state index contributed by atoms with van der Waals surface area (Å²) < 4.78 is 9.99. The molecule has 0 aliphatic heterocycles. The van der Waals surface area contributed by atoms with E-state index in [1.807, 2.05) is 24.3 Å². The van der Waals surface area contributed by atoms with Crippen molar-refractivity contribution in [2.45, 2.75) is 39.0 Å². The lowest BCUT2D eigenvalue weighted by molar-refractivity contribution is -0.148. The lowest BCUT2D eigenvalue weighted by Gasteiger charge is -2.17. The molecule has 3 rings (SSSR count). The van der Waals surface area contributed by atoms with Gasteiger partial charge in [0.05, 0.1) is 10.9 Å². The van der Waals surface area contributed by atoms with Crippen LogP contribution in [0.5, 0.6) is 5.75 Å². The number of rotatable bonds is 9. The predicted molar refractivity (Wildman–Crippen MR) is 127 cm³/mol. The molecular weight excluding hydrogens is 476 g/mol. The second-order valence-corrected chi connectivity index (χ2v) is 11.4. The summed E-state index contributed by atoms with van der Waals surface area (Å²) in [7, 11) is -0.219. The van der Waals surface area contributed by atoms with Crippen LogP contribution in [0.4, 0.5) is 0 Å². The standard InChI is InChI=1S/C25H26BrO4S/c1-25(2,26)24(28)30-18-19(27)17-29-20-13-15-23(16-14-20)31(21-9-5-3-6-10-21)22-11-7-4-8-12-22/h3-16,19,27H,17-18H2,1-2H3/q+1. The van der Waals surface area contributed by atoms with Crippen molar-refractivity contribution in [1.82, 2.24) is 0 Å². The molecule has 0 bridgehead atoms. The zero-order chi connectivity index (χ0) is 22.3. The molecule has 0 amide bonds. The topological polar surface area (TPSA) is 55.8 Å². The monoisotopic (exact) mass is 501 g/mol. The van der Waals surface area contributed by atoms with Crippen molar-refractivity contribution in [3.05, 3.63) is 84.9 Å². The Balaban J connectivity index is 1.65. The number of esters is 1. The van der Waals surface area contributed by atoms with Gasteiger partial charge in [0.1, 0.15) is 29.4 Å². The summed E-state index contributed by atoms with van der Waals surface area (Å²) in [6.45, 7) is 3.31. The molecule has 3 aromatic rings. The largest absolute Gasteiger partial charge is 0.491 e. The highest BCUT2D eigenvalue weighted by molar-refractivity contribution is 9.10. The van der Waals surface area contributed by atoms with E-state index in [4.69, 9.17) is 9.47 Å². The normalized spacial score (nSPS) is 12.4. The molecule has 0 radical (unpaired) electrons. The maximum Gasteiger partial charge on any atom is 0.322 e. The zero-order valence-electron chi connectivity index (χ0n) is 17.5. The van der Waals surface area contributed by atoms with Gasteiger partial charge in [-0.2, -0.15) is 0 Å². The van der Waals surface area contributed by atoms with Crippen LogP contribution < -0.4 is 4.74 Å². The molecule has 0 saturated carbocycles. The van der Waals surface area contributed by atoms with Crippen molar-refractivity contribution in [2.24, 2.45) is 0 Å². The first-order chi connectivity index (χ1) is 14.8. The van der Waals surface area contributed by atoms with Crippen LogP contribution in [0, 0.1) is 0 Å². The van der Waals surface area contributed by atoms with E-state index >= 15 is 0 Å². The van der Waals surface area contributed by atoms with Crippen LogP contribution in [0.1, 0.15) is 13.8 Å². The number of ether oxygens (including phenoxy) is 2. The highest BCUT2D eigenvalue weighted by atomic mass is 79.9. The van der Waals surface area contributed by atoms with Gasteiger partial charge in [-0.1, -0.05) is 52.3 Å².